The van der Waals surface area contributed by atoms with Gasteiger partial charge in [0.05, 0.1) is 19.9 Å². The van der Waals surface area contributed by atoms with Gasteiger partial charge in [-0.3, -0.25) is 9.08 Å². The molecular formula is C8H16N2O4S. The van der Waals surface area contributed by atoms with Gasteiger partial charge in [0.2, 0.25) is 10.4 Å². The molecule has 7 heteroatoms. The third-order valence-corrected chi connectivity index (χ3v) is 1.88. The third-order valence-electron chi connectivity index (χ3n) is 1.43. The second-order valence-electron chi connectivity index (χ2n) is 2.92. The van der Waals surface area contributed by atoms with Gasteiger partial charge in [0, 0.05) is 0 Å². The van der Waals surface area contributed by atoms with Crippen molar-refractivity contribution < 1.29 is 22.1 Å². The lowest BCUT2D eigenvalue weighted by Gasteiger charge is -2.05. The second-order valence-corrected chi connectivity index (χ2v) is 3.97. The van der Waals surface area contributed by atoms with E-state index in [4.69, 9.17) is 0 Å². The third kappa shape index (κ3) is 11.2. The first kappa shape index (κ1) is 14.2. The van der Waals surface area contributed by atoms with Crippen LogP contribution in [0.4, 0.5) is 0 Å². The van der Waals surface area contributed by atoms with Crippen LogP contribution in [0.25, 0.3) is 0 Å². The molecule has 0 spiro atoms. The molecule has 15 heavy (non-hydrogen) atoms. The molecule has 6 nitrogen and oxygen atoms in total. The molecule has 0 saturated heterocycles. The Bertz CT molecular complexity index is 299. The number of nitrogens with zero attached hydrogens (tertiary/aromatic N) is 1. The zero-order chi connectivity index (χ0) is 11.7. The van der Waals surface area contributed by atoms with Gasteiger partial charge in [-0.1, -0.05) is 13.3 Å². The van der Waals surface area contributed by atoms with Crippen molar-refractivity contribution in [3.63, 3.8) is 0 Å². The Balaban J connectivity index is 0.000000280. The van der Waals surface area contributed by atoms with E-state index in [0.29, 0.717) is 6.42 Å². The molecule has 0 aromatic rings. The van der Waals surface area contributed by atoms with Gasteiger partial charge in [-0.15, -0.1) is 0 Å². The molecule has 1 unspecified atom stereocenters. The van der Waals surface area contributed by atoms with Crippen molar-refractivity contribution >= 4 is 16.7 Å². The molecule has 0 fully saturated rings. The monoisotopic (exact) mass is 236 g/mol. The molecule has 1 heterocycles. The average Bonchev–Trinajstić information content (AvgIpc) is 2.55. The maximum absolute atomic E-state index is 9.73. The van der Waals surface area contributed by atoms with Crippen LogP contribution in [0.2, 0.25) is 0 Å². The van der Waals surface area contributed by atoms with E-state index in [1.54, 1.807) is 6.20 Å². The van der Waals surface area contributed by atoms with Gasteiger partial charge in [0.25, 0.3) is 0 Å². The Morgan fingerprint density at radius 3 is 2.47 bits per heavy atom. The summed E-state index contributed by atoms with van der Waals surface area (Å²) in [5.41, 5.74) is 0. The molecule has 0 radical (unpaired) electrons. The Morgan fingerprint density at radius 1 is 1.53 bits per heavy atom. The maximum Gasteiger partial charge on any atom is 0.217 e. The summed E-state index contributed by atoms with van der Waals surface area (Å²) in [6.07, 6.45) is 7.01. The normalized spacial score (nSPS) is 18.7. The number of aliphatic imine (C=N–C) groups is 1. The lowest BCUT2D eigenvalue weighted by atomic mass is 10.4. The van der Waals surface area contributed by atoms with Gasteiger partial charge in [0.1, 0.15) is 6.20 Å². The van der Waals surface area contributed by atoms with E-state index in [9.17, 15) is 13.0 Å². The van der Waals surface area contributed by atoms with Gasteiger partial charge >= 0.3 is 0 Å². The van der Waals surface area contributed by atoms with Crippen molar-refractivity contribution in [2.45, 2.75) is 19.8 Å². The first-order chi connectivity index (χ1) is 6.95. The quantitative estimate of drug-likeness (QED) is 0.396. The van der Waals surface area contributed by atoms with Crippen LogP contribution in [-0.2, 0) is 14.6 Å². The van der Waals surface area contributed by atoms with Gasteiger partial charge < -0.3 is 4.55 Å². The molecule has 1 aliphatic heterocycles. The van der Waals surface area contributed by atoms with Gasteiger partial charge in [-0.05, 0) is 6.42 Å². The molecule has 0 aliphatic carbocycles. The summed E-state index contributed by atoms with van der Waals surface area (Å²) in [7, 11) is -2.43. The molecule has 0 aromatic heterocycles. The van der Waals surface area contributed by atoms with Gasteiger partial charge in [-0.2, -0.15) is 0 Å². The SMILES string of the molecule is CCCCOS(=O)(=O)[O-].C[NH+]1C=CN=C1. The summed E-state index contributed by atoms with van der Waals surface area (Å²) in [5, 5.41) is 0. The van der Waals surface area contributed by atoms with Crippen LogP contribution in [0.3, 0.4) is 0 Å². The number of nitrogens with one attached hydrogen (secondary N) is 1. The minimum atomic E-state index is -4.45. The Morgan fingerprint density at radius 2 is 2.20 bits per heavy atom. The first-order valence-corrected chi connectivity index (χ1v) is 5.92. The number of hydrogen-bond acceptors (Lipinski definition) is 5. The van der Waals surface area contributed by atoms with Crippen LogP contribution in [0.1, 0.15) is 19.8 Å². The Kier molecular flexibility index (Phi) is 7.14. The Labute approximate surface area is 90.2 Å². The van der Waals surface area contributed by atoms with Crippen LogP contribution >= 0.6 is 0 Å². The molecule has 88 valence electrons. The number of hydrogen-bond donors (Lipinski definition) is 1. The standard InChI is InChI=1S/C4H6N2.C4H10O4S/c1-6-3-2-5-4-6;1-2-3-4-8-9(5,6)7/h2-4H,1H3;2-4H2,1H3,(H,5,6,7). The fourth-order valence-corrected chi connectivity index (χ4v) is 0.992. The first-order valence-electron chi connectivity index (χ1n) is 4.59. The van der Waals surface area contributed by atoms with Crippen molar-refractivity contribution in [3.8, 4) is 0 Å². The molecular weight excluding hydrogens is 220 g/mol. The highest BCUT2D eigenvalue weighted by Gasteiger charge is 1.91. The Hall–Kier alpha value is -0.760. The van der Waals surface area contributed by atoms with E-state index in [1.165, 1.54) is 4.90 Å². The van der Waals surface area contributed by atoms with Crippen LogP contribution in [0.5, 0.6) is 0 Å². The van der Waals surface area contributed by atoms with E-state index in [1.807, 2.05) is 26.5 Å². The summed E-state index contributed by atoms with van der Waals surface area (Å²) in [6.45, 7) is 1.88. The molecule has 0 saturated carbocycles. The molecule has 0 aromatic carbocycles. The summed E-state index contributed by atoms with van der Waals surface area (Å²) in [4.78, 5) is 5.05. The van der Waals surface area contributed by atoms with Crippen molar-refractivity contribution in [1.29, 1.82) is 0 Å². The van der Waals surface area contributed by atoms with E-state index < -0.39 is 10.4 Å². The summed E-state index contributed by atoms with van der Waals surface area (Å²) >= 11 is 0. The highest BCUT2D eigenvalue weighted by molar-refractivity contribution is 7.80. The van der Waals surface area contributed by atoms with Crippen molar-refractivity contribution in [1.82, 2.24) is 0 Å². The average molecular weight is 236 g/mol. The highest BCUT2D eigenvalue weighted by Crippen LogP contribution is 1.91. The zero-order valence-corrected chi connectivity index (χ0v) is 9.66. The van der Waals surface area contributed by atoms with E-state index >= 15 is 0 Å². The predicted octanol–water partition coefficient (Wildman–Crippen LogP) is -0.722. The van der Waals surface area contributed by atoms with E-state index in [0.717, 1.165) is 6.42 Å². The van der Waals surface area contributed by atoms with Gasteiger partial charge in [-0.25, -0.2) is 13.4 Å². The fourth-order valence-electron chi connectivity index (χ4n) is 0.670. The predicted molar refractivity (Wildman–Crippen MR) is 55.1 cm³/mol. The van der Waals surface area contributed by atoms with E-state index in [-0.39, 0.29) is 6.61 Å². The van der Waals surface area contributed by atoms with Crippen molar-refractivity contribution in [2.75, 3.05) is 13.7 Å². The minimum Gasteiger partial charge on any atom is -0.726 e. The highest BCUT2D eigenvalue weighted by atomic mass is 32.3. The largest absolute Gasteiger partial charge is 0.726 e. The topological polar surface area (TPSA) is 83.2 Å². The summed E-state index contributed by atoms with van der Waals surface area (Å²) < 4.78 is 33.1. The molecule has 1 N–H and O–H groups in total. The molecule has 1 atom stereocenters. The smallest absolute Gasteiger partial charge is 0.217 e. The van der Waals surface area contributed by atoms with E-state index in [2.05, 4.69) is 9.18 Å². The lowest BCUT2D eigenvalue weighted by Crippen LogP contribution is -3.01. The molecule has 0 amide bonds. The molecule has 0 bridgehead atoms. The summed E-state index contributed by atoms with van der Waals surface area (Å²) in [5.74, 6) is 0. The molecule has 1 aliphatic rings. The maximum atomic E-state index is 9.73. The minimum absolute atomic E-state index is 0.00231. The summed E-state index contributed by atoms with van der Waals surface area (Å²) in [6, 6.07) is 0. The van der Waals surface area contributed by atoms with Crippen LogP contribution in [0.15, 0.2) is 17.4 Å². The van der Waals surface area contributed by atoms with Gasteiger partial charge in [0.15, 0.2) is 6.34 Å². The van der Waals surface area contributed by atoms with Crippen molar-refractivity contribution in [2.24, 2.45) is 4.99 Å². The van der Waals surface area contributed by atoms with Crippen LogP contribution in [-0.4, -0.2) is 33.0 Å². The van der Waals surface area contributed by atoms with Crippen molar-refractivity contribution in [3.05, 3.63) is 12.4 Å². The number of quaternary nitrogens is 1. The second kappa shape index (κ2) is 7.52. The number of unbranched alkanes of at least 4 members (excludes halogenated alkanes) is 1. The zero-order valence-electron chi connectivity index (χ0n) is 8.84. The lowest BCUT2D eigenvalue weighted by molar-refractivity contribution is -0.709. The molecule has 1 rings (SSSR count). The fraction of sp³-hybridized carbons (Fsp3) is 0.625. The number of rotatable bonds is 4. The van der Waals surface area contributed by atoms with Crippen LogP contribution in [0, 0.1) is 0 Å². The van der Waals surface area contributed by atoms with Crippen LogP contribution < -0.4 is 4.90 Å².